The smallest absolute Gasteiger partial charge is 0.490 e. The first kappa shape index (κ1) is 67.9. The molecule has 6 N–H and O–H groups in total. The Labute approximate surface area is 487 Å². The van der Waals surface area contributed by atoms with Gasteiger partial charge in [0.2, 0.25) is 0 Å². The number of nitrogens with one attached hydrogen (secondary N) is 2. The van der Waals surface area contributed by atoms with E-state index in [9.17, 15) is 72.5 Å². The summed E-state index contributed by atoms with van der Waals surface area (Å²) in [4.78, 5) is 71.8. The summed E-state index contributed by atoms with van der Waals surface area (Å²) in [5.74, 6) is -10.4. The van der Waals surface area contributed by atoms with Crippen LogP contribution in [0, 0.1) is 11.8 Å². The van der Waals surface area contributed by atoms with Gasteiger partial charge in [-0.15, -0.1) is 0 Å². The lowest BCUT2D eigenvalue weighted by Crippen LogP contribution is -2.46. The summed E-state index contributed by atoms with van der Waals surface area (Å²) in [5.41, 5.74) is 3.60. The molecule has 32 heteroatoms. The minimum atomic E-state index is -5.19. The molecule has 474 valence electrons. The third-order valence-corrected chi connectivity index (χ3v) is 14.5. The maximum atomic E-state index is 12.3. The number of pyridine rings is 2. The number of H-pyrrole nitrogens is 2. The van der Waals surface area contributed by atoms with Crippen molar-refractivity contribution < 1.29 is 131 Å². The van der Waals surface area contributed by atoms with Gasteiger partial charge in [-0.05, 0) is 123 Å². The molecule has 2 fully saturated rings. The summed E-state index contributed by atoms with van der Waals surface area (Å²) in [6, 6.07) is 19.3. The van der Waals surface area contributed by atoms with E-state index in [2.05, 4.69) is 53.7 Å². The van der Waals surface area contributed by atoms with Gasteiger partial charge in [0.15, 0.2) is 37.9 Å². The minimum Gasteiger partial charge on any atom is -0.542 e. The van der Waals surface area contributed by atoms with E-state index in [1.54, 1.807) is 26.4 Å². The second kappa shape index (κ2) is 27.7. The number of benzene rings is 4. The van der Waals surface area contributed by atoms with E-state index >= 15 is 0 Å². The lowest BCUT2D eigenvalue weighted by Gasteiger charge is -2.39. The minimum absolute atomic E-state index is 0.272. The standard InChI is InChI=1S/C48H48N6O6.4C2HF3O2/c1-59-33-3-5-41-35(25-33)43-39-27-53(17-11-31(39)23-37(47(55)56)45(43)49-41)21-19-51-13-7-29(8-14-51)30-9-15-52(16-10-30)20-22-54-18-12-32-24-38(48(57)58)46-44(40(32)28-54)36-26-34(60-2)4-6-42(36)50-46;4*3-2(4,5)1(6)7/h3-6,11-12,17-18,23-30H,7-10,13-16,19-22H2,1-2H3,(H2,55,56,57,58);4*(H,6,7). The van der Waals surface area contributed by atoms with E-state index in [1.807, 2.05) is 48.5 Å². The Balaban J connectivity index is 0.000000367. The first-order chi connectivity index (χ1) is 41.0. The molecule has 4 aromatic heterocycles. The number of aromatic nitrogens is 4. The number of likely N-dealkylation sites (tertiary alicyclic amines) is 2. The van der Waals surface area contributed by atoms with E-state index in [4.69, 9.17) is 49.1 Å². The van der Waals surface area contributed by atoms with Crippen molar-refractivity contribution in [3.05, 3.63) is 96.6 Å². The molecule has 2 aliphatic rings. The fraction of sp³-hybridized carbons (Fsp3) is 0.357. The molecule has 2 aliphatic heterocycles. The van der Waals surface area contributed by atoms with Crippen molar-refractivity contribution in [3.63, 3.8) is 0 Å². The third-order valence-electron chi connectivity index (χ3n) is 14.5. The fourth-order valence-electron chi connectivity index (χ4n) is 10.2. The largest absolute Gasteiger partial charge is 0.542 e. The number of aromatic carboxylic acids is 2. The molecule has 6 heterocycles. The van der Waals surface area contributed by atoms with E-state index in [1.165, 1.54) is 25.7 Å². The van der Waals surface area contributed by atoms with Gasteiger partial charge in [-0.2, -0.15) is 52.7 Å². The zero-order valence-corrected chi connectivity index (χ0v) is 45.9. The highest BCUT2D eigenvalue weighted by molar-refractivity contribution is 6.25. The number of hydrogen-bond acceptors (Lipinski definition) is 12. The predicted octanol–water partition coefficient (Wildman–Crippen LogP) is 7.24. The molecule has 0 aliphatic carbocycles. The van der Waals surface area contributed by atoms with Crippen LogP contribution in [0.25, 0.3) is 65.2 Å². The second-order valence-corrected chi connectivity index (χ2v) is 19.9. The van der Waals surface area contributed by atoms with Gasteiger partial charge in [0, 0.05) is 44.7 Å². The Morgan fingerprint density at radius 3 is 1.08 bits per heavy atom. The first-order valence-electron chi connectivity index (χ1n) is 26.0. The summed E-state index contributed by atoms with van der Waals surface area (Å²) in [6.45, 7) is 8.18. The number of methoxy groups -OCH3 is 2. The number of aromatic amines is 2. The van der Waals surface area contributed by atoms with Crippen LogP contribution < -0.4 is 28.8 Å². The zero-order chi connectivity index (χ0) is 65.4. The number of piperidine rings is 2. The van der Waals surface area contributed by atoms with Crippen molar-refractivity contribution in [1.82, 2.24) is 19.8 Å². The number of halogens is 12. The summed E-state index contributed by atoms with van der Waals surface area (Å²) in [6.07, 6.45) is -7.09. The molecular weight excluding hydrogens is 1210 g/mol. The quantitative estimate of drug-likeness (QED) is 0.0549. The third kappa shape index (κ3) is 17.1. The molecule has 4 aromatic carbocycles. The highest BCUT2D eigenvalue weighted by atomic mass is 19.4. The van der Waals surface area contributed by atoms with E-state index in [-0.39, 0.29) is 11.1 Å². The zero-order valence-electron chi connectivity index (χ0n) is 45.9. The average molecular weight is 1260 g/mol. The molecule has 8 aromatic rings. The summed E-state index contributed by atoms with van der Waals surface area (Å²) < 4.78 is 142. The van der Waals surface area contributed by atoms with E-state index < -0.39 is 60.5 Å². The number of aliphatic carboxylic acids is 4. The summed E-state index contributed by atoms with van der Waals surface area (Å²) in [7, 11) is 3.30. The molecule has 0 atom stereocenters. The van der Waals surface area contributed by atoms with Crippen LogP contribution in [-0.2, 0) is 32.3 Å². The fourth-order valence-corrected chi connectivity index (χ4v) is 10.2. The van der Waals surface area contributed by atoms with Gasteiger partial charge < -0.3 is 59.7 Å². The van der Waals surface area contributed by atoms with Gasteiger partial charge in [-0.1, -0.05) is 0 Å². The molecule has 0 bridgehead atoms. The second-order valence-electron chi connectivity index (χ2n) is 19.9. The molecule has 20 nitrogen and oxygen atoms in total. The Kier molecular flexibility index (Phi) is 21.3. The van der Waals surface area contributed by atoms with Gasteiger partial charge in [-0.3, -0.25) is 9.80 Å². The highest BCUT2D eigenvalue weighted by Gasteiger charge is 2.39. The van der Waals surface area contributed by atoms with Crippen molar-refractivity contribution in [2.75, 3.05) is 53.5 Å². The van der Waals surface area contributed by atoms with Crippen LogP contribution in [0.2, 0.25) is 0 Å². The van der Waals surface area contributed by atoms with Crippen LogP contribution in [0.3, 0.4) is 0 Å². The van der Waals surface area contributed by atoms with Crippen molar-refractivity contribution in [1.29, 1.82) is 0 Å². The number of carbonyl (C=O) groups is 6. The Bertz CT molecular complexity index is 3590. The van der Waals surface area contributed by atoms with Gasteiger partial charge in [0.05, 0.1) is 60.2 Å². The summed E-state index contributed by atoms with van der Waals surface area (Å²) >= 11 is 0. The molecule has 88 heavy (non-hydrogen) atoms. The number of ether oxygens (including phenoxy) is 2. The van der Waals surface area contributed by atoms with E-state index in [0.29, 0.717) is 11.0 Å². The maximum absolute atomic E-state index is 12.3. The number of rotatable bonds is 11. The highest BCUT2D eigenvalue weighted by Crippen LogP contribution is 2.38. The Hall–Kier alpha value is -9.20. The van der Waals surface area contributed by atoms with Crippen LogP contribution in [0.15, 0.2) is 85.5 Å². The molecule has 0 amide bonds. The number of fused-ring (bicyclic) bond motifs is 10. The molecule has 0 spiro atoms. The molecular formula is C56H52F12N6O14. The Morgan fingerprint density at radius 2 is 0.818 bits per heavy atom. The van der Waals surface area contributed by atoms with Gasteiger partial charge in [0.25, 0.3) is 0 Å². The van der Waals surface area contributed by atoms with Gasteiger partial charge in [0.1, 0.15) is 23.4 Å². The first-order valence-corrected chi connectivity index (χ1v) is 26.0. The van der Waals surface area contributed by atoms with Crippen molar-refractivity contribution in [2.24, 2.45) is 11.8 Å². The van der Waals surface area contributed by atoms with Crippen molar-refractivity contribution >= 4 is 101 Å². The van der Waals surface area contributed by atoms with Crippen LogP contribution in [0.1, 0.15) is 46.4 Å². The summed E-state index contributed by atoms with van der Waals surface area (Å²) in [5, 5.41) is 59.5. The molecule has 0 radical (unpaired) electrons. The molecule has 10 rings (SSSR count). The molecule has 0 saturated carbocycles. The molecule has 2 saturated heterocycles. The maximum Gasteiger partial charge on any atom is 0.490 e. The SMILES string of the molecule is COc1ccc2[nH]c3c(C(=O)O)cc4cc[n+](CCN5CCC(C6CCN(CC[n+]7ccc8cc(C(=O)O)c9[nH]c%10ccc(OC)cc%10c9c8c7)CC6)CC5)cc4c3c2c1.O=C(O)C(F)(F)F.O=C(O)C(F)(F)F.O=C([O-])C(F)(F)F.O=C([O-])C(F)(F)F. The lowest BCUT2D eigenvalue weighted by molar-refractivity contribution is -0.695. The van der Waals surface area contributed by atoms with Crippen LogP contribution in [0.5, 0.6) is 11.5 Å². The number of nitrogens with zero attached hydrogens (tertiary/aromatic N) is 4. The van der Waals surface area contributed by atoms with Gasteiger partial charge in [-0.25, -0.2) is 28.3 Å². The number of carboxylic acid groups (broad SMARTS) is 6. The number of hydrogen-bond donors (Lipinski definition) is 6. The van der Waals surface area contributed by atoms with Crippen LogP contribution in [0.4, 0.5) is 52.7 Å². The van der Waals surface area contributed by atoms with E-state index in [0.717, 1.165) is 130 Å². The molecule has 0 unspecified atom stereocenters. The van der Waals surface area contributed by atoms with Crippen molar-refractivity contribution in [3.8, 4) is 11.5 Å². The van der Waals surface area contributed by atoms with Crippen LogP contribution >= 0.6 is 0 Å². The number of alkyl halides is 12. The topological polar surface area (TPSA) is 294 Å². The predicted molar refractivity (Wildman–Crippen MR) is 282 cm³/mol. The lowest BCUT2D eigenvalue weighted by atomic mass is 9.79. The number of carbonyl (C=O) groups excluding carboxylic acids is 2. The Morgan fingerprint density at radius 1 is 0.511 bits per heavy atom. The monoisotopic (exact) mass is 1260 g/mol. The van der Waals surface area contributed by atoms with Crippen molar-refractivity contribution in [2.45, 2.75) is 63.5 Å². The van der Waals surface area contributed by atoms with Crippen LogP contribution in [-0.4, -0.2) is 154 Å². The average Bonchev–Trinajstić information content (AvgIpc) is 1.56. The normalized spacial score (nSPS) is 14.7. The van der Waals surface area contributed by atoms with Gasteiger partial charge >= 0.3 is 48.6 Å². The number of carboxylic acids is 6.